The van der Waals surface area contributed by atoms with Crippen molar-refractivity contribution in [2.45, 2.75) is 176 Å². The minimum atomic E-state index is -0.499. The molecule has 24 rings (SSSR count). The van der Waals surface area contributed by atoms with Crippen molar-refractivity contribution >= 4 is 103 Å². The summed E-state index contributed by atoms with van der Waals surface area (Å²) < 4.78 is 68.6. The number of nitrogens with zero attached hydrogens (tertiary/aromatic N) is 24. The number of benzene rings is 4. The molecule has 4 atom stereocenters. The Hall–Kier alpha value is -14.3. The topological polar surface area (TPSA) is 348 Å². The van der Waals surface area contributed by atoms with Crippen LogP contribution in [0.5, 0.6) is 0 Å². The van der Waals surface area contributed by atoms with Crippen molar-refractivity contribution in [1.29, 1.82) is 0 Å². The van der Waals surface area contributed by atoms with Crippen LogP contribution >= 0.6 is 0 Å². The number of pyridine rings is 4. The lowest BCUT2D eigenvalue weighted by molar-refractivity contribution is -0.135. The summed E-state index contributed by atoms with van der Waals surface area (Å²) in [4.78, 5) is 92.9. The number of halogens is 4. The molecule has 4 unspecified atom stereocenters. The number of aryl methyl sites for hydroxylation is 8. The molecule has 8 aliphatic heterocycles. The predicted octanol–water partition coefficient (Wildman–Crippen LogP) is 17.2. The van der Waals surface area contributed by atoms with Gasteiger partial charge in [0, 0.05) is 169 Å². The number of aromatic nitrogens is 20. The van der Waals surface area contributed by atoms with Crippen LogP contribution in [-0.2, 0) is 50.0 Å². The van der Waals surface area contributed by atoms with Crippen molar-refractivity contribution in [2.75, 3.05) is 111 Å². The first kappa shape index (κ1) is 93.0. The summed E-state index contributed by atoms with van der Waals surface area (Å²) in [6, 6.07) is 32.9. The zero-order valence-corrected chi connectivity index (χ0v) is 80.7. The van der Waals surface area contributed by atoms with E-state index in [1.54, 1.807) is 11.0 Å². The third-order valence-electron chi connectivity index (χ3n) is 28.7. The van der Waals surface area contributed by atoms with Crippen LogP contribution in [0.1, 0.15) is 171 Å². The van der Waals surface area contributed by atoms with Crippen LogP contribution in [0.3, 0.4) is 0 Å². The number of hydrogen-bond donors (Lipinski definition) is 7. The Bertz CT molecular complexity index is 7180. The molecule has 0 spiro atoms. The number of fused-ring (bicyclic) bond motifs is 13. The van der Waals surface area contributed by atoms with Gasteiger partial charge < -0.3 is 70.0 Å². The predicted molar refractivity (Wildman–Crippen MR) is 538 cm³/mol. The second kappa shape index (κ2) is 39.8. The summed E-state index contributed by atoms with van der Waals surface area (Å²) in [5.41, 5.74) is 21.2. The average Bonchev–Trinajstić information content (AvgIpc) is 1.61. The van der Waals surface area contributed by atoms with Gasteiger partial charge in [-0.25, -0.2) is 97.3 Å². The fourth-order valence-electron chi connectivity index (χ4n) is 21.1. The molecule has 724 valence electrons. The quantitative estimate of drug-likeness (QED) is 0.0392. The lowest BCUT2D eigenvalue weighted by Crippen LogP contribution is -2.45. The molecule has 8 aliphatic rings. The smallest absolute Gasteiger partial charge is 0.248 e. The largest absolute Gasteiger partial charge is 0.387 e. The van der Waals surface area contributed by atoms with Crippen molar-refractivity contribution in [3.63, 3.8) is 0 Å². The summed E-state index contributed by atoms with van der Waals surface area (Å²) >= 11 is 0. The zero-order valence-electron chi connectivity index (χ0n) is 80.7. The van der Waals surface area contributed by atoms with E-state index in [9.17, 15) is 22.4 Å². The van der Waals surface area contributed by atoms with Gasteiger partial charge in [0.1, 0.15) is 76.0 Å². The summed E-state index contributed by atoms with van der Waals surface area (Å²) in [7, 11) is 0. The highest BCUT2D eigenvalue weighted by Gasteiger charge is 2.32. The second-order valence-corrected chi connectivity index (χ2v) is 38.3. The molecule has 3 fully saturated rings. The Kier molecular flexibility index (Phi) is 26.2. The lowest BCUT2D eigenvalue weighted by atomic mass is 9.91. The fourth-order valence-corrected chi connectivity index (χ4v) is 21.1. The SMILES string of the molecule is CCN1CCN(Cc2ccc(Nc3ncc(F)c(-c4cc(C)c5nc6n(c5c4)C(C)CC6)n3)nc2)CC1.Cc1cc(-c2nc(Nc3ccc(C4CCNCC4)cn3)ncc2F)cc2c1nc1n2C(C)CC1.Cc1cc(-c2nc(Nc3ccc(N4CCNCC4)cn3)ncc2F)cc2c1nc1n2C(C)CC1.Cc1cc(-c2nc(Nc3ccc4c(n3)CCN(C(=O)CO)C4)ncc2F)cc2c1nc1n2C(C)CC1. The van der Waals surface area contributed by atoms with Gasteiger partial charge in [0.05, 0.1) is 80.8 Å². The number of rotatable bonds is 18. The van der Waals surface area contributed by atoms with E-state index in [1.165, 1.54) is 35.9 Å². The normalized spacial score (nSPS) is 17.9. The van der Waals surface area contributed by atoms with E-state index in [1.807, 2.05) is 125 Å². The van der Waals surface area contributed by atoms with Gasteiger partial charge in [-0.15, -0.1) is 0 Å². The Balaban J connectivity index is 0.000000111. The number of amides is 1. The molecule has 4 aromatic carbocycles. The van der Waals surface area contributed by atoms with Crippen LogP contribution in [0.25, 0.3) is 89.2 Å². The van der Waals surface area contributed by atoms with Gasteiger partial charge in [-0.1, -0.05) is 25.1 Å². The Morgan fingerprint density at radius 3 is 1.16 bits per heavy atom. The molecule has 0 saturated carbocycles. The van der Waals surface area contributed by atoms with Gasteiger partial charge in [0.25, 0.3) is 0 Å². The second-order valence-electron chi connectivity index (χ2n) is 38.3. The first-order chi connectivity index (χ1) is 68.5. The monoisotopic (exact) mass is 1900 g/mol. The van der Waals surface area contributed by atoms with Gasteiger partial charge >= 0.3 is 0 Å². The number of nitrogens with one attached hydrogen (secondary N) is 6. The fraction of sp³-hybridized carbons (Fsp3) is 0.381. The van der Waals surface area contributed by atoms with E-state index >= 15 is 0 Å². The van der Waals surface area contributed by atoms with Gasteiger partial charge in [-0.2, -0.15) is 0 Å². The summed E-state index contributed by atoms with van der Waals surface area (Å²) in [5.74, 6) is 6.40. The molecular weight excluding hydrogens is 1790 g/mol. The highest BCUT2D eigenvalue weighted by molar-refractivity contribution is 5.90. The highest BCUT2D eigenvalue weighted by atomic mass is 19.1. The molecule has 0 radical (unpaired) electrons. The molecule has 7 N–H and O–H groups in total. The van der Waals surface area contributed by atoms with E-state index < -0.39 is 29.9 Å². The van der Waals surface area contributed by atoms with Crippen molar-refractivity contribution in [3.8, 4) is 45.0 Å². The molecule has 3 saturated heterocycles. The number of carbonyl (C=O) groups is 1. The Morgan fingerprint density at radius 2 is 0.780 bits per heavy atom. The van der Waals surface area contributed by atoms with Crippen molar-refractivity contribution in [2.24, 2.45) is 0 Å². The number of piperazine rings is 2. The van der Waals surface area contributed by atoms with E-state index in [4.69, 9.17) is 25.0 Å². The molecule has 36 heteroatoms. The standard InChI is InChI=1S/C28H33FN8.C26H26FN7O2.C26H28FN7.C25H27FN8/c1-4-35-9-11-36(12-10-35)17-20-6-7-24(30-15-20)32-28-31-16-22(29)27(34-28)21-13-18(2)26-23(14-21)37-19(3)5-8-25(37)33-26;1-14-9-17(10-20-24(14)31-22-6-3-15(2)34(20)22)25-18(27)11-28-26(32-25)30-21-5-4-16-12-33(23(36)13-35)8-7-19(16)29-21;1-15-11-19(12-21-24(15)32-23-6-3-16(2)34(21)23)25-20(27)14-30-26(33-25)31-22-5-4-18(13-29-22)17-7-9-28-10-8-17;1-15-11-17(12-20-23(15)31-22-6-3-16(2)34(20)22)24-19(26)14-29-25(32-24)30-21-5-4-18(13-28-21)33-9-7-27-8-10-33/h6-7,13-16,19H,4-5,8-12,17H2,1-3H3,(H,30,31,32,34);4-5,9-11,15,35H,3,6-8,12-13H2,1-2H3,(H,28,29,30,32);4-5,11-14,16-17,28H,3,6-10H2,1-2H3,(H,29,30,31,33);4-5,11-14,16,27H,3,6-10H2,1-2H3,(H,28,29,30,32). The summed E-state index contributed by atoms with van der Waals surface area (Å²) in [6.07, 6.45) is 21.5. The van der Waals surface area contributed by atoms with E-state index in [2.05, 4.69) is 171 Å². The first-order valence-corrected chi connectivity index (χ1v) is 49.1. The molecular formula is C105H114F4N30O2. The number of aliphatic hydroxyl groups is 1. The van der Waals surface area contributed by atoms with Crippen molar-refractivity contribution in [1.82, 2.24) is 123 Å². The third kappa shape index (κ3) is 19.3. The maximum Gasteiger partial charge on any atom is 0.248 e. The van der Waals surface area contributed by atoms with E-state index in [-0.39, 0.29) is 34.6 Å². The van der Waals surface area contributed by atoms with Crippen LogP contribution in [-0.4, -0.2) is 209 Å². The first-order valence-electron chi connectivity index (χ1n) is 49.1. The van der Waals surface area contributed by atoms with Crippen molar-refractivity contribution < 1.29 is 27.5 Å². The number of anilines is 9. The van der Waals surface area contributed by atoms with Crippen molar-refractivity contribution in [3.05, 3.63) is 232 Å². The van der Waals surface area contributed by atoms with Gasteiger partial charge in [0.2, 0.25) is 29.7 Å². The van der Waals surface area contributed by atoms with Crippen LogP contribution in [0.15, 0.2) is 140 Å². The molecule has 12 aromatic heterocycles. The van der Waals surface area contributed by atoms with Crippen LogP contribution in [0.4, 0.5) is 70.3 Å². The molecule has 0 aliphatic carbocycles. The molecule has 1 amide bonds. The lowest BCUT2D eigenvalue weighted by Gasteiger charge is -2.33. The van der Waals surface area contributed by atoms with Gasteiger partial charge in [-0.3, -0.25) is 9.69 Å². The minimum absolute atomic E-state index is 0.217. The van der Waals surface area contributed by atoms with Gasteiger partial charge in [0.15, 0.2) is 23.3 Å². The number of imidazole rings is 4. The number of hydrogen-bond acceptors (Lipinski definition) is 27. The number of carbonyl (C=O) groups excluding carboxylic acids is 1. The van der Waals surface area contributed by atoms with Gasteiger partial charge in [-0.05, 0) is 237 Å². The van der Waals surface area contributed by atoms with E-state index in [0.717, 1.165) is 266 Å². The number of aliphatic hydroxyl groups excluding tert-OH is 1. The molecule has 0 bridgehead atoms. The minimum Gasteiger partial charge on any atom is -0.387 e. The molecule has 141 heavy (non-hydrogen) atoms. The molecule has 32 nitrogen and oxygen atoms in total. The third-order valence-corrected chi connectivity index (χ3v) is 28.7. The molecule has 16 aromatic rings. The van der Waals surface area contributed by atoms with Crippen LogP contribution in [0.2, 0.25) is 0 Å². The Morgan fingerprint density at radius 1 is 0.397 bits per heavy atom. The molecule has 20 heterocycles. The highest BCUT2D eigenvalue weighted by Crippen LogP contribution is 2.42. The maximum absolute atomic E-state index is 14.9. The van der Waals surface area contributed by atoms with Crippen LogP contribution in [0, 0.1) is 51.0 Å². The average molecular weight is 1900 g/mol. The summed E-state index contributed by atoms with van der Waals surface area (Å²) in [6.45, 7) is 31.8. The number of likely N-dealkylation sites (N-methyl/N-ethyl adjacent to an activating group) is 1. The summed E-state index contributed by atoms with van der Waals surface area (Å²) in [5, 5.41) is 28.4. The zero-order chi connectivity index (χ0) is 97.0. The maximum atomic E-state index is 14.9. The Labute approximate surface area is 813 Å². The number of piperidine rings is 1. The van der Waals surface area contributed by atoms with Crippen LogP contribution < -0.4 is 36.8 Å². The van der Waals surface area contributed by atoms with E-state index in [0.29, 0.717) is 96.3 Å².